The number of hydrogen-bond donors (Lipinski definition) is 1. The van der Waals surface area contributed by atoms with Gasteiger partial charge in [-0.1, -0.05) is 67.4 Å². The number of sulfonamides is 1. The predicted octanol–water partition coefficient (Wildman–Crippen LogP) is 4.43. The third kappa shape index (κ3) is 7.66. The van der Waals surface area contributed by atoms with Crippen LogP contribution in [0.15, 0.2) is 83.8 Å². The maximum atomic E-state index is 13.9. The molecule has 0 bridgehead atoms. The zero-order valence-corrected chi connectivity index (χ0v) is 23.6. The lowest BCUT2D eigenvalue weighted by molar-refractivity contribution is -0.384. The molecule has 0 aliphatic carbocycles. The maximum Gasteiger partial charge on any atom is 0.271 e. The van der Waals surface area contributed by atoms with Crippen LogP contribution in [0.4, 0.5) is 11.4 Å². The van der Waals surface area contributed by atoms with E-state index in [1.54, 1.807) is 25.1 Å². The highest BCUT2D eigenvalue weighted by Crippen LogP contribution is 2.27. The van der Waals surface area contributed by atoms with Crippen LogP contribution in [0.25, 0.3) is 0 Å². The Bertz CT molecular complexity index is 1430. The van der Waals surface area contributed by atoms with Crippen molar-refractivity contribution in [1.82, 2.24) is 10.2 Å². The molecule has 212 valence electrons. The smallest absolute Gasteiger partial charge is 0.271 e. The highest BCUT2D eigenvalue weighted by molar-refractivity contribution is 7.92. The molecule has 11 heteroatoms. The lowest BCUT2D eigenvalue weighted by Crippen LogP contribution is -2.51. The molecule has 1 N–H and O–H groups in total. The Morgan fingerprint density at radius 1 is 1.00 bits per heavy atom. The second kappa shape index (κ2) is 13.7. The van der Waals surface area contributed by atoms with Crippen molar-refractivity contribution < 1.29 is 22.9 Å². The number of nitro benzene ring substituents is 1. The van der Waals surface area contributed by atoms with E-state index in [9.17, 15) is 28.1 Å². The minimum Gasteiger partial charge on any atom is -0.354 e. The molecule has 0 aliphatic rings. The maximum absolute atomic E-state index is 13.9. The van der Waals surface area contributed by atoms with Crippen LogP contribution in [0.3, 0.4) is 0 Å². The number of nitrogens with one attached hydrogen (secondary N) is 1. The fraction of sp³-hybridized carbons (Fsp3) is 0.310. The fourth-order valence-electron chi connectivity index (χ4n) is 4.02. The number of rotatable bonds is 13. The van der Waals surface area contributed by atoms with Gasteiger partial charge in [0.15, 0.2) is 0 Å². The Morgan fingerprint density at radius 3 is 2.30 bits per heavy atom. The van der Waals surface area contributed by atoms with E-state index in [1.807, 2.05) is 38.1 Å². The molecular formula is C29H34N4O6S. The van der Waals surface area contributed by atoms with Crippen molar-refractivity contribution in [3.05, 3.63) is 100 Å². The van der Waals surface area contributed by atoms with Gasteiger partial charge in [-0.3, -0.25) is 24.0 Å². The van der Waals surface area contributed by atoms with Gasteiger partial charge in [0.25, 0.3) is 15.7 Å². The summed E-state index contributed by atoms with van der Waals surface area (Å²) in [5.41, 5.74) is 1.43. The molecule has 10 nitrogen and oxygen atoms in total. The molecule has 3 aromatic rings. The van der Waals surface area contributed by atoms with E-state index in [1.165, 1.54) is 35.2 Å². The van der Waals surface area contributed by atoms with Gasteiger partial charge in [-0.2, -0.15) is 0 Å². The lowest BCUT2D eigenvalue weighted by atomic mass is 10.1. The van der Waals surface area contributed by atoms with Crippen LogP contribution >= 0.6 is 0 Å². The SMILES string of the molecule is CCCCNC(=O)C(C)N(Cc1ccc(C)cc1)C(=O)CN(c1cccc([N+](=O)[O-])c1)S(=O)(=O)c1ccccc1. The Kier molecular flexibility index (Phi) is 10.4. The largest absolute Gasteiger partial charge is 0.354 e. The Balaban J connectivity index is 2.02. The molecule has 2 amide bonds. The summed E-state index contributed by atoms with van der Waals surface area (Å²) >= 11 is 0. The number of unbranched alkanes of at least 4 members (excludes halogenated alkanes) is 1. The van der Waals surface area contributed by atoms with Crippen LogP contribution in [-0.2, 0) is 26.2 Å². The minimum absolute atomic E-state index is 0.0401. The van der Waals surface area contributed by atoms with Gasteiger partial charge in [0.2, 0.25) is 11.8 Å². The molecule has 0 spiro atoms. The predicted molar refractivity (Wildman–Crippen MR) is 153 cm³/mol. The van der Waals surface area contributed by atoms with Crippen molar-refractivity contribution in [2.45, 2.75) is 51.1 Å². The van der Waals surface area contributed by atoms with E-state index in [2.05, 4.69) is 5.32 Å². The summed E-state index contributed by atoms with van der Waals surface area (Å²) in [5.74, 6) is -0.994. The number of non-ortho nitro benzene ring substituents is 1. The molecule has 0 aliphatic heterocycles. The standard InChI is InChI=1S/C29H34N4O6S/c1-4-5-18-30-29(35)23(3)31(20-24-16-14-22(2)15-17-24)28(34)21-32(25-10-9-11-26(19-25)33(36)37)40(38,39)27-12-7-6-8-13-27/h6-17,19,23H,4-5,18,20-21H2,1-3H3,(H,30,35). The molecule has 0 saturated carbocycles. The van der Waals surface area contributed by atoms with Gasteiger partial charge in [-0.15, -0.1) is 0 Å². The minimum atomic E-state index is -4.30. The lowest BCUT2D eigenvalue weighted by Gasteiger charge is -2.32. The first kappa shape index (κ1) is 30.3. The van der Waals surface area contributed by atoms with E-state index in [-0.39, 0.29) is 28.7 Å². The molecule has 0 heterocycles. The third-order valence-electron chi connectivity index (χ3n) is 6.41. The zero-order valence-electron chi connectivity index (χ0n) is 22.8. The van der Waals surface area contributed by atoms with Crippen molar-refractivity contribution in [3.8, 4) is 0 Å². The average Bonchev–Trinajstić information content (AvgIpc) is 2.95. The summed E-state index contributed by atoms with van der Waals surface area (Å²) in [7, 11) is -4.30. The third-order valence-corrected chi connectivity index (χ3v) is 8.20. The van der Waals surface area contributed by atoms with Crippen molar-refractivity contribution in [3.63, 3.8) is 0 Å². The van der Waals surface area contributed by atoms with Crippen LogP contribution in [0.1, 0.15) is 37.8 Å². The number of nitro groups is 1. The van der Waals surface area contributed by atoms with Gasteiger partial charge in [0.05, 0.1) is 15.5 Å². The van der Waals surface area contributed by atoms with Crippen LogP contribution in [0.2, 0.25) is 0 Å². The van der Waals surface area contributed by atoms with E-state index in [0.29, 0.717) is 6.54 Å². The second-order valence-corrected chi connectivity index (χ2v) is 11.3. The van der Waals surface area contributed by atoms with Crippen LogP contribution in [0, 0.1) is 17.0 Å². The van der Waals surface area contributed by atoms with E-state index in [4.69, 9.17) is 0 Å². The summed E-state index contributed by atoms with van der Waals surface area (Å²) < 4.78 is 28.4. The van der Waals surface area contributed by atoms with Crippen molar-refractivity contribution >= 4 is 33.2 Å². The van der Waals surface area contributed by atoms with E-state index in [0.717, 1.165) is 34.3 Å². The molecular weight excluding hydrogens is 532 g/mol. The first-order valence-corrected chi connectivity index (χ1v) is 14.4. The molecule has 1 atom stereocenters. The van der Waals surface area contributed by atoms with E-state index >= 15 is 0 Å². The molecule has 3 rings (SSSR count). The van der Waals surface area contributed by atoms with Crippen LogP contribution < -0.4 is 9.62 Å². The number of anilines is 1. The number of nitrogens with zero attached hydrogens (tertiary/aromatic N) is 3. The molecule has 0 fully saturated rings. The van der Waals surface area contributed by atoms with Gasteiger partial charge in [-0.25, -0.2) is 8.42 Å². The highest BCUT2D eigenvalue weighted by atomic mass is 32.2. The number of aryl methyl sites for hydroxylation is 1. The average molecular weight is 567 g/mol. The molecule has 0 radical (unpaired) electrons. The number of hydrogen-bond acceptors (Lipinski definition) is 6. The second-order valence-electron chi connectivity index (χ2n) is 9.43. The highest BCUT2D eigenvalue weighted by Gasteiger charge is 2.33. The normalized spacial score (nSPS) is 11.9. The van der Waals surface area contributed by atoms with Gasteiger partial charge >= 0.3 is 0 Å². The number of amides is 2. The monoisotopic (exact) mass is 566 g/mol. The molecule has 1 unspecified atom stereocenters. The molecule has 0 aromatic heterocycles. The molecule has 0 saturated heterocycles. The van der Waals surface area contributed by atoms with Crippen molar-refractivity contribution in [2.24, 2.45) is 0 Å². The number of carbonyl (C=O) groups excluding carboxylic acids is 2. The Labute approximate surface area is 234 Å². The summed E-state index contributed by atoms with van der Waals surface area (Å²) in [5, 5.41) is 14.3. The van der Waals surface area contributed by atoms with Gasteiger partial charge in [-0.05, 0) is 44.0 Å². The topological polar surface area (TPSA) is 130 Å². The summed E-state index contributed by atoms with van der Waals surface area (Å²) in [4.78, 5) is 38.9. The van der Waals surface area contributed by atoms with E-state index < -0.39 is 33.4 Å². The van der Waals surface area contributed by atoms with Gasteiger partial charge in [0.1, 0.15) is 12.6 Å². The Morgan fingerprint density at radius 2 is 1.68 bits per heavy atom. The van der Waals surface area contributed by atoms with Crippen LogP contribution in [0.5, 0.6) is 0 Å². The first-order chi connectivity index (χ1) is 19.0. The molecule has 40 heavy (non-hydrogen) atoms. The molecule has 3 aromatic carbocycles. The van der Waals surface area contributed by atoms with Crippen molar-refractivity contribution in [1.29, 1.82) is 0 Å². The number of carbonyl (C=O) groups is 2. The van der Waals surface area contributed by atoms with Crippen molar-refractivity contribution in [2.75, 3.05) is 17.4 Å². The first-order valence-electron chi connectivity index (χ1n) is 13.0. The number of benzene rings is 3. The summed E-state index contributed by atoms with van der Waals surface area (Å²) in [6, 6.07) is 19.2. The van der Waals surface area contributed by atoms with Gasteiger partial charge in [0, 0.05) is 25.2 Å². The zero-order chi connectivity index (χ0) is 29.3. The van der Waals surface area contributed by atoms with Crippen LogP contribution in [-0.4, -0.2) is 49.2 Å². The quantitative estimate of drug-likeness (QED) is 0.185. The van der Waals surface area contributed by atoms with Gasteiger partial charge < -0.3 is 10.2 Å². The summed E-state index contributed by atoms with van der Waals surface area (Å²) in [6.07, 6.45) is 1.66. The Hall–Kier alpha value is -4.25. The summed E-state index contributed by atoms with van der Waals surface area (Å²) in [6.45, 7) is 5.37. The fourth-order valence-corrected chi connectivity index (χ4v) is 5.45.